The molecule has 0 bridgehead atoms. The summed E-state index contributed by atoms with van der Waals surface area (Å²) in [5.41, 5.74) is 4.69. The van der Waals surface area contributed by atoms with Crippen LogP contribution in [0.3, 0.4) is 0 Å². The summed E-state index contributed by atoms with van der Waals surface area (Å²) >= 11 is 0. The topological polar surface area (TPSA) is 105 Å². The molecule has 2 aromatic rings. The number of carboxylic acid groups (broad SMARTS) is 1. The lowest BCUT2D eigenvalue weighted by Crippen LogP contribution is -2.46. The average molecular weight is 463 g/mol. The smallest absolute Gasteiger partial charge is 0.407 e. The molecule has 4 atom stereocenters. The molecule has 0 spiro atoms. The number of carbonyl (C=O) groups excluding carboxylic acids is 2. The number of fused-ring (bicyclic) bond motifs is 3. The maximum atomic E-state index is 12.6. The van der Waals surface area contributed by atoms with E-state index in [1.54, 1.807) is 0 Å². The Kier molecular flexibility index (Phi) is 6.26. The summed E-state index contributed by atoms with van der Waals surface area (Å²) in [7, 11) is 0. The van der Waals surface area contributed by atoms with Gasteiger partial charge >= 0.3 is 12.1 Å². The fourth-order valence-electron chi connectivity index (χ4n) is 5.55. The largest absolute Gasteiger partial charge is 0.481 e. The van der Waals surface area contributed by atoms with Gasteiger partial charge in [0, 0.05) is 24.4 Å². The third-order valence-electron chi connectivity index (χ3n) is 7.52. The van der Waals surface area contributed by atoms with Gasteiger partial charge in [-0.2, -0.15) is 0 Å². The van der Waals surface area contributed by atoms with Gasteiger partial charge in [0.25, 0.3) is 0 Å². The number of hydrogen-bond donors (Lipinski definition) is 3. The molecular weight excluding hydrogens is 432 g/mol. The van der Waals surface area contributed by atoms with Crippen molar-refractivity contribution in [3.05, 3.63) is 59.7 Å². The Hall–Kier alpha value is -3.35. The quantitative estimate of drug-likeness (QED) is 0.579. The fraction of sp³-hybridized carbons (Fsp3) is 0.444. The van der Waals surface area contributed by atoms with Gasteiger partial charge in [0.1, 0.15) is 6.61 Å². The summed E-state index contributed by atoms with van der Waals surface area (Å²) in [5.74, 6) is -1.55. The molecule has 0 heterocycles. The van der Waals surface area contributed by atoms with Gasteiger partial charge in [-0.25, -0.2) is 4.79 Å². The lowest BCUT2D eigenvalue weighted by molar-refractivity contribution is -0.144. The summed E-state index contributed by atoms with van der Waals surface area (Å²) in [4.78, 5) is 36.4. The third-order valence-corrected chi connectivity index (χ3v) is 7.52. The molecule has 3 aliphatic carbocycles. The molecule has 178 valence electrons. The molecule has 7 nitrogen and oxygen atoms in total. The van der Waals surface area contributed by atoms with E-state index in [2.05, 4.69) is 34.9 Å². The highest BCUT2D eigenvalue weighted by atomic mass is 16.5. The number of rotatable bonds is 7. The first-order valence-electron chi connectivity index (χ1n) is 12.1. The molecule has 2 aromatic carbocycles. The molecule has 2 unspecified atom stereocenters. The molecule has 34 heavy (non-hydrogen) atoms. The van der Waals surface area contributed by atoms with E-state index in [0.29, 0.717) is 25.8 Å². The predicted octanol–water partition coefficient (Wildman–Crippen LogP) is 3.92. The van der Waals surface area contributed by atoms with Gasteiger partial charge in [-0.15, -0.1) is 0 Å². The monoisotopic (exact) mass is 462 g/mol. The zero-order valence-electron chi connectivity index (χ0n) is 19.0. The van der Waals surface area contributed by atoms with Crippen LogP contribution in [-0.2, 0) is 14.3 Å². The van der Waals surface area contributed by atoms with Crippen molar-refractivity contribution in [2.45, 2.75) is 44.1 Å². The molecule has 2 fully saturated rings. The molecule has 0 aliphatic heterocycles. The Labute approximate surface area is 198 Å². The van der Waals surface area contributed by atoms with Crippen LogP contribution in [0.2, 0.25) is 0 Å². The van der Waals surface area contributed by atoms with E-state index in [0.717, 1.165) is 24.0 Å². The molecular formula is C27H30N2O5. The minimum absolute atomic E-state index is 0.00951. The van der Waals surface area contributed by atoms with E-state index < -0.39 is 18.0 Å². The normalized spacial score (nSPS) is 25.1. The summed E-state index contributed by atoms with van der Waals surface area (Å²) in [6.07, 6.45) is 3.35. The maximum absolute atomic E-state index is 12.6. The Morgan fingerprint density at radius 2 is 1.56 bits per heavy atom. The van der Waals surface area contributed by atoms with Crippen molar-refractivity contribution in [3.63, 3.8) is 0 Å². The molecule has 3 N–H and O–H groups in total. The van der Waals surface area contributed by atoms with Gasteiger partial charge in [0.05, 0.1) is 5.92 Å². The summed E-state index contributed by atoms with van der Waals surface area (Å²) < 4.78 is 5.56. The highest BCUT2D eigenvalue weighted by molar-refractivity contribution is 5.83. The van der Waals surface area contributed by atoms with Crippen LogP contribution in [0.1, 0.15) is 49.1 Å². The van der Waals surface area contributed by atoms with Crippen molar-refractivity contribution in [1.29, 1.82) is 0 Å². The minimum atomic E-state index is -0.839. The van der Waals surface area contributed by atoms with Crippen molar-refractivity contribution in [1.82, 2.24) is 10.6 Å². The Balaban J connectivity index is 1.09. The number of amides is 2. The average Bonchev–Trinajstić information content (AvgIpc) is 3.57. The van der Waals surface area contributed by atoms with Gasteiger partial charge in [-0.05, 0) is 47.4 Å². The SMILES string of the molecule is O=C(NC[C@@H]1C[C@@H]1C(=O)NC1CCCCC1C(=O)O)OCC1c2ccccc2-c2ccccc21. The molecule has 0 aromatic heterocycles. The van der Waals surface area contributed by atoms with Crippen LogP contribution in [0.4, 0.5) is 4.79 Å². The lowest BCUT2D eigenvalue weighted by atomic mass is 9.84. The number of aliphatic carboxylic acids is 1. The first kappa shape index (κ1) is 22.4. The van der Waals surface area contributed by atoms with Gasteiger partial charge in [-0.1, -0.05) is 61.4 Å². The van der Waals surface area contributed by atoms with Crippen LogP contribution in [-0.4, -0.2) is 42.3 Å². The fourth-order valence-corrected chi connectivity index (χ4v) is 5.55. The number of nitrogens with one attached hydrogen (secondary N) is 2. The zero-order chi connectivity index (χ0) is 23.7. The van der Waals surface area contributed by atoms with E-state index in [-0.39, 0.29) is 36.3 Å². The van der Waals surface area contributed by atoms with Gasteiger partial charge in [-0.3, -0.25) is 9.59 Å². The number of benzene rings is 2. The van der Waals surface area contributed by atoms with E-state index in [4.69, 9.17) is 4.74 Å². The number of carbonyl (C=O) groups is 3. The van der Waals surface area contributed by atoms with Crippen LogP contribution < -0.4 is 10.6 Å². The van der Waals surface area contributed by atoms with Gasteiger partial charge in [0.2, 0.25) is 5.91 Å². The van der Waals surface area contributed by atoms with Gasteiger partial charge < -0.3 is 20.5 Å². The Bertz CT molecular complexity index is 1050. The second kappa shape index (κ2) is 9.49. The van der Waals surface area contributed by atoms with Crippen molar-refractivity contribution in [2.75, 3.05) is 13.2 Å². The number of carboxylic acids is 1. The van der Waals surface area contributed by atoms with Crippen LogP contribution in [0, 0.1) is 17.8 Å². The maximum Gasteiger partial charge on any atom is 0.407 e. The summed E-state index contributed by atoms with van der Waals surface area (Å²) in [5, 5.41) is 15.1. The van der Waals surface area contributed by atoms with E-state index in [9.17, 15) is 19.5 Å². The van der Waals surface area contributed by atoms with Crippen LogP contribution in [0.25, 0.3) is 11.1 Å². The highest BCUT2D eigenvalue weighted by Gasteiger charge is 2.44. The summed E-state index contributed by atoms with van der Waals surface area (Å²) in [6.45, 7) is 0.633. The van der Waals surface area contributed by atoms with Gasteiger partial charge in [0.15, 0.2) is 0 Å². The van der Waals surface area contributed by atoms with Crippen LogP contribution >= 0.6 is 0 Å². The highest BCUT2D eigenvalue weighted by Crippen LogP contribution is 2.44. The molecule has 2 saturated carbocycles. The first-order chi connectivity index (χ1) is 16.5. The second-order valence-corrected chi connectivity index (χ2v) is 9.65. The minimum Gasteiger partial charge on any atom is -0.481 e. The Morgan fingerprint density at radius 1 is 0.912 bits per heavy atom. The van der Waals surface area contributed by atoms with Crippen molar-refractivity contribution < 1.29 is 24.2 Å². The van der Waals surface area contributed by atoms with Crippen LogP contribution in [0.5, 0.6) is 0 Å². The molecule has 2 amide bonds. The number of ether oxygens (including phenoxy) is 1. The number of hydrogen-bond acceptors (Lipinski definition) is 4. The zero-order valence-corrected chi connectivity index (χ0v) is 19.0. The van der Waals surface area contributed by atoms with E-state index in [1.807, 2.05) is 24.3 Å². The van der Waals surface area contributed by atoms with Crippen molar-refractivity contribution in [2.24, 2.45) is 17.8 Å². The molecule has 7 heteroatoms. The van der Waals surface area contributed by atoms with E-state index in [1.165, 1.54) is 11.1 Å². The second-order valence-electron chi connectivity index (χ2n) is 9.65. The Morgan fingerprint density at radius 3 is 2.24 bits per heavy atom. The van der Waals surface area contributed by atoms with Crippen molar-refractivity contribution >= 4 is 18.0 Å². The third kappa shape index (κ3) is 4.52. The molecule has 0 saturated heterocycles. The predicted molar refractivity (Wildman–Crippen MR) is 126 cm³/mol. The van der Waals surface area contributed by atoms with Crippen LogP contribution in [0.15, 0.2) is 48.5 Å². The molecule has 5 rings (SSSR count). The lowest BCUT2D eigenvalue weighted by Gasteiger charge is -2.29. The molecule has 0 radical (unpaired) electrons. The number of alkyl carbamates (subject to hydrolysis) is 1. The summed E-state index contributed by atoms with van der Waals surface area (Å²) in [6, 6.07) is 16.1. The standard InChI is InChI=1S/C27H30N2O5/c30-25(29-24-12-6-5-11-21(24)26(31)32)22-13-16(22)14-28-27(33)34-15-23-19-9-3-1-7-17(19)18-8-2-4-10-20(18)23/h1-4,7-10,16,21-24H,5-6,11-15H2,(H,28,33)(H,29,30)(H,31,32)/t16-,21?,22-,24?/m0/s1. The molecule has 3 aliphatic rings. The van der Waals surface area contributed by atoms with Crippen molar-refractivity contribution in [3.8, 4) is 11.1 Å². The van der Waals surface area contributed by atoms with E-state index >= 15 is 0 Å². The first-order valence-corrected chi connectivity index (χ1v) is 12.1.